The van der Waals surface area contributed by atoms with Gasteiger partial charge in [0.05, 0.1) is 21.6 Å². The van der Waals surface area contributed by atoms with Crippen LogP contribution in [0.15, 0.2) is 47.4 Å². The van der Waals surface area contributed by atoms with Crippen molar-refractivity contribution in [1.82, 2.24) is 4.90 Å². The van der Waals surface area contributed by atoms with Gasteiger partial charge in [-0.1, -0.05) is 35.3 Å². The van der Waals surface area contributed by atoms with E-state index in [9.17, 15) is 36.3 Å². The monoisotopic (exact) mass is 539 g/mol. The largest absolute Gasteiger partial charge is 0.484 e. The van der Waals surface area contributed by atoms with Crippen molar-refractivity contribution in [3.63, 3.8) is 0 Å². The number of carboxylic acids is 1. The maximum atomic E-state index is 13.2. The van der Waals surface area contributed by atoms with Crippen molar-refractivity contribution in [2.45, 2.75) is 35.2 Å². The van der Waals surface area contributed by atoms with Crippen LogP contribution in [0.1, 0.15) is 12.0 Å². The van der Waals surface area contributed by atoms with E-state index >= 15 is 0 Å². The number of aliphatic carboxylic acids is 1. The number of carbonyl (C=O) groups excluding carboxylic acids is 1. The van der Waals surface area contributed by atoms with Crippen molar-refractivity contribution in [3.05, 3.63) is 58.1 Å². The van der Waals surface area contributed by atoms with Crippen molar-refractivity contribution in [2.75, 3.05) is 13.2 Å². The molecule has 1 fully saturated rings. The van der Waals surface area contributed by atoms with E-state index in [-0.39, 0.29) is 30.2 Å². The Hall–Kier alpha value is -2.50. The third-order valence-corrected chi connectivity index (χ3v) is 8.05. The number of carbonyl (C=O) groups is 2. The minimum Gasteiger partial charge on any atom is -0.484 e. The minimum absolute atomic E-state index is 0.153. The molecule has 0 aliphatic carbocycles. The predicted molar refractivity (Wildman–Crippen MR) is 117 cm³/mol. The third-order valence-electron chi connectivity index (χ3n) is 5.19. The van der Waals surface area contributed by atoms with Crippen LogP contribution in [0.2, 0.25) is 10.0 Å². The molecular weight excluding hydrogens is 522 g/mol. The lowest BCUT2D eigenvalue weighted by Gasteiger charge is -2.21. The smallest absolute Gasteiger partial charge is 0.422 e. The van der Waals surface area contributed by atoms with E-state index in [4.69, 9.17) is 23.2 Å². The zero-order chi connectivity index (χ0) is 25.3. The Balaban J connectivity index is 1.80. The van der Waals surface area contributed by atoms with Gasteiger partial charge in [-0.15, -0.1) is 0 Å². The molecule has 0 saturated carbocycles. The quantitative estimate of drug-likeness (QED) is 0.570. The van der Waals surface area contributed by atoms with Crippen molar-refractivity contribution < 1.29 is 41.0 Å². The molecular formula is C21H18Cl2F3NO6S. The van der Waals surface area contributed by atoms with Crippen LogP contribution in [0.3, 0.4) is 0 Å². The summed E-state index contributed by atoms with van der Waals surface area (Å²) in [5.41, 5.74) is 0.572. The van der Waals surface area contributed by atoms with Gasteiger partial charge in [-0.25, -0.2) is 13.2 Å². The number of likely N-dealkylation sites (tertiary alicyclic amines) is 1. The molecule has 1 saturated heterocycles. The number of alkyl halides is 3. The Bertz CT molecular complexity index is 1190. The summed E-state index contributed by atoms with van der Waals surface area (Å²) in [5, 5.41) is 8.37. The fraction of sp³-hybridized carbons (Fsp3) is 0.333. The summed E-state index contributed by atoms with van der Waals surface area (Å²) >= 11 is 11.8. The molecule has 1 heterocycles. The van der Waals surface area contributed by atoms with Gasteiger partial charge in [0.25, 0.3) is 0 Å². The number of benzene rings is 2. The Morgan fingerprint density at radius 3 is 2.32 bits per heavy atom. The van der Waals surface area contributed by atoms with E-state index in [0.29, 0.717) is 10.6 Å². The molecule has 7 nitrogen and oxygen atoms in total. The van der Waals surface area contributed by atoms with Crippen LogP contribution < -0.4 is 4.74 Å². The van der Waals surface area contributed by atoms with E-state index < -0.39 is 50.7 Å². The number of nitrogens with zero attached hydrogens (tertiary/aromatic N) is 1. The maximum absolute atomic E-state index is 13.2. The van der Waals surface area contributed by atoms with E-state index in [1.54, 1.807) is 24.3 Å². The molecule has 1 amide bonds. The maximum Gasteiger partial charge on any atom is 0.422 e. The first kappa shape index (κ1) is 26.1. The second-order valence-corrected chi connectivity index (χ2v) is 10.6. The lowest BCUT2D eigenvalue weighted by atomic mass is 10.1. The highest BCUT2D eigenvalue weighted by molar-refractivity contribution is 7.92. The molecule has 2 aromatic carbocycles. The van der Waals surface area contributed by atoms with Crippen LogP contribution in [0.25, 0.3) is 0 Å². The summed E-state index contributed by atoms with van der Waals surface area (Å²) < 4.78 is 67.9. The van der Waals surface area contributed by atoms with Crippen molar-refractivity contribution >= 4 is 44.9 Å². The number of hydrogen-bond donors (Lipinski definition) is 1. The molecule has 1 aliphatic rings. The average molecular weight is 540 g/mol. The Kier molecular flexibility index (Phi) is 7.69. The molecule has 2 atom stereocenters. The summed E-state index contributed by atoms with van der Waals surface area (Å²) in [6, 6.07) is 7.93. The van der Waals surface area contributed by atoms with Gasteiger partial charge in [0.1, 0.15) is 11.8 Å². The lowest BCUT2D eigenvalue weighted by molar-refractivity contribution is -0.153. The second kappa shape index (κ2) is 10.0. The number of sulfone groups is 1. The normalized spacial score (nSPS) is 18.7. The molecule has 0 aromatic heterocycles. The Morgan fingerprint density at radius 1 is 1.12 bits per heavy atom. The first-order valence-electron chi connectivity index (χ1n) is 9.77. The van der Waals surface area contributed by atoms with E-state index in [2.05, 4.69) is 4.74 Å². The number of ether oxygens (including phenoxy) is 1. The molecule has 184 valence electrons. The minimum atomic E-state index is -4.59. The fourth-order valence-corrected chi connectivity index (χ4v) is 5.92. The van der Waals surface area contributed by atoms with Gasteiger partial charge in [0.15, 0.2) is 16.4 Å². The number of carboxylic acid groups (broad SMARTS) is 1. The first-order valence-corrected chi connectivity index (χ1v) is 12.1. The van der Waals surface area contributed by atoms with Crippen molar-refractivity contribution in [1.29, 1.82) is 0 Å². The van der Waals surface area contributed by atoms with E-state index in [1.807, 2.05) is 0 Å². The Labute approximate surface area is 202 Å². The van der Waals surface area contributed by atoms with Gasteiger partial charge < -0.3 is 14.7 Å². The van der Waals surface area contributed by atoms with Gasteiger partial charge in [-0.2, -0.15) is 13.2 Å². The van der Waals surface area contributed by atoms with Gasteiger partial charge in [0, 0.05) is 17.6 Å². The summed E-state index contributed by atoms with van der Waals surface area (Å²) in [5.74, 6) is -2.21. The molecule has 13 heteroatoms. The summed E-state index contributed by atoms with van der Waals surface area (Å²) in [6.45, 7) is -1.96. The van der Waals surface area contributed by atoms with Gasteiger partial charge in [0.2, 0.25) is 5.91 Å². The standard InChI is InChI=1S/C21H18Cl2F3NO6S/c22-13-3-1-12(2-4-13)7-19(28)27-10-15(9-17(27)20(29)30)34(31,32)18-6-5-14(8-16(18)23)33-11-21(24,25)26/h1-6,8,15,17H,7,9-11H2,(H,29,30)/t15-,17+/m1/s1. The van der Waals surface area contributed by atoms with Gasteiger partial charge >= 0.3 is 12.1 Å². The molecule has 0 radical (unpaired) electrons. The Morgan fingerprint density at radius 2 is 1.76 bits per heavy atom. The number of halogens is 5. The highest BCUT2D eigenvalue weighted by Crippen LogP contribution is 2.34. The third kappa shape index (κ3) is 6.13. The lowest BCUT2D eigenvalue weighted by Crippen LogP contribution is -2.41. The summed E-state index contributed by atoms with van der Waals surface area (Å²) in [4.78, 5) is 25.1. The van der Waals surface area contributed by atoms with E-state index in [1.165, 1.54) is 0 Å². The second-order valence-electron chi connectivity index (χ2n) is 7.60. The molecule has 34 heavy (non-hydrogen) atoms. The number of hydrogen-bond acceptors (Lipinski definition) is 5. The molecule has 0 unspecified atom stereocenters. The number of amides is 1. The molecule has 3 rings (SSSR count). The zero-order valence-corrected chi connectivity index (χ0v) is 19.6. The van der Waals surface area contributed by atoms with Crippen LogP contribution in [0.4, 0.5) is 13.2 Å². The topological polar surface area (TPSA) is 101 Å². The zero-order valence-electron chi connectivity index (χ0n) is 17.3. The molecule has 0 bridgehead atoms. The van der Waals surface area contributed by atoms with Crippen molar-refractivity contribution in [3.8, 4) is 5.75 Å². The van der Waals surface area contributed by atoms with Crippen LogP contribution in [-0.4, -0.2) is 60.9 Å². The summed E-state index contributed by atoms with van der Waals surface area (Å²) in [7, 11) is -4.23. The van der Waals surface area contributed by atoms with Crippen molar-refractivity contribution in [2.24, 2.45) is 0 Å². The van der Waals surface area contributed by atoms with E-state index in [0.717, 1.165) is 23.1 Å². The predicted octanol–water partition coefficient (Wildman–Crippen LogP) is 4.01. The van der Waals surface area contributed by atoms with Crippen LogP contribution in [0.5, 0.6) is 5.75 Å². The van der Waals surface area contributed by atoms with Gasteiger partial charge in [-0.3, -0.25) is 4.79 Å². The first-order chi connectivity index (χ1) is 15.8. The average Bonchev–Trinajstić information content (AvgIpc) is 3.20. The fourth-order valence-electron chi connectivity index (χ4n) is 3.56. The van der Waals surface area contributed by atoms with Crippen LogP contribution >= 0.6 is 23.2 Å². The number of rotatable bonds is 7. The molecule has 2 aromatic rings. The SMILES string of the molecule is O=C(O)[C@@H]1C[C@@H](S(=O)(=O)c2ccc(OCC(F)(F)F)cc2Cl)CN1C(=O)Cc1ccc(Cl)cc1. The summed E-state index contributed by atoms with van der Waals surface area (Å²) in [6.07, 6.45) is -5.11. The molecule has 1 N–H and O–H groups in total. The van der Waals surface area contributed by atoms with Crippen LogP contribution in [-0.2, 0) is 25.8 Å². The highest BCUT2D eigenvalue weighted by atomic mass is 35.5. The van der Waals surface area contributed by atoms with Crippen LogP contribution in [0, 0.1) is 0 Å². The van der Waals surface area contributed by atoms with Gasteiger partial charge in [-0.05, 0) is 36.2 Å². The molecule has 1 aliphatic heterocycles. The highest BCUT2D eigenvalue weighted by Gasteiger charge is 2.45. The molecule has 0 spiro atoms.